The van der Waals surface area contributed by atoms with Gasteiger partial charge >= 0.3 is 0 Å². The summed E-state index contributed by atoms with van der Waals surface area (Å²) >= 11 is 6.13. The Hall–Kier alpha value is -2.06. The fourth-order valence-corrected chi connectivity index (χ4v) is 3.02. The van der Waals surface area contributed by atoms with Crippen molar-refractivity contribution in [3.8, 4) is 11.4 Å². The molecule has 0 amide bonds. The van der Waals surface area contributed by atoms with Crippen molar-refractivity contribution >= 4 is 17.4 Å². The highest BCUT2D eigenvalue weighted by atomic mass is 35.5. The highest BCUT2D eigenvalue weighted by Crippen LogP contribution is 2.24. The van der Waals surface area contributed by atoms with Crippen LogP contribution in [0.2, 0.25) is 5.02 Å². The number of alkyl halides is 2. The zero-order valence-electron chi connectivity index (χ0n) is 13.7. The van der Waals surface area contributed by atoms with Crippen LogP contribution in [0.4, 0.5) is 14.6 Å². The van der Waals surface area contributed by atoms with Crippen LogP contribution >= 0.6 is 11.6 Å². The number of hydrogen-bond acceptors (Lipinski definition) is 5. The van der Waals surface area contributed by atoms with Gasteiger partial charge in [0.1, 0.15) is 10.8 Å². The maximum Gasteiger partial charge on any atom is 0.272 e. The summed E-state index contributed by atoms with van der Waals surface area (Å²) in [6.45, 7) is 2.50. The van der Waals surface area contributed by atoms with Gasteiger partial charge in [-0.2, -0.15) is 0 Å². The minimum atomic E-state index is -2.73. The first-order chi connectivity index (χ1) is 11.8. The van der Waals surface area contributed by atoms with Crippen LogP contribution in [-0.4, -0.2) is 58.5 Å². The summed E-state index contributed by atoms with van der Waals surface area (Å²) in [4.78, 5) is 26.8. The standard InChI is InChI=1S/C16H18ClF2N5O/c1-16(18,19)10-23-6-8-24(9-7-23)14-12(17)15(25)22-13(21-14)11-2-4-20-5-3-11/h2-5H,6-10H2,1H3,(H,21,22,25). The Labute approximate surface area is 148 Å². The van der Waals surface area contributed by atoms with Crippen molar-refractivity contribution in [2.75, 3.05) is 37.6 Å². The van der Waals surface area contributed by atoms with Gasteiger partial charge in [-0.3, -0.25) is 14.7 Å². The zero-order valence-corrected chi connectivity index (χ0v) is 14.4. The summed E-state index contributed by atoms with van der Waals surface area (Å²) in [5.74, 6) is -1.95. The summed E-state index contributed by atoms with van der Waals surface area (Å²) in [7, 11) is 0. The molecule has 3 heterocycles. The summed E-state index contributed by atoms with van der Waals surface area (Å²) in [6.07, 6.45) is 3.21. The predicted molar refractivity (Wildman–Crippen MR) is 92.4 cm³/mol. The third-order valence-corrected chi connectivity index (χ3v) is 4.31. The van der Waals surface area contributed by atoms with E-state index in [0.29, 0.717) is 43.4 Å². The number of nitrogens with one attached hydrogen (secondary N) is 1. The number of aromatic amines is 1. The van der Waals surface area contributed by atoms with Gasteiger partial charge in [0.05, 0.1) is 6.54 Å². The molecule has 6 nitrogen and oxygen atoms in total. The third kappa shape index (κ3) is 4.32. The first kappa shape index (κ1) is 17.8. The van der Waals surface area contributed by atoms with Crippen LogP contribution in [-0.2, 0) is 0 Å². The van der Waals surface area contributed by atoms with Gasteiger partial charge in [-0.25, -0.2) is 13.8 Å². The largest absolute Gasteiger partial charge is 0.353 e. The van der Waals surface area contributed by atoms with Crippen molar-refractivity contribution in [1.29, 1.82) is 0 Å². The van der Waals surface area contributed by atoms with E-state index in [4.69, 9.17) is 11.6 Å². The molecule has 1 N–H and O–H groups in total. The minimum Gasteiger partial charge on any atom is -0.353 e. The van der Waals surface area contributed by atoms with Crippen molar-refractivity contribution < 1.29 is 8.78 Å². The Morgan fingerprint density at radius 2 is 1.88 bits per heavy atom. The molecule has 1 aliphatic rings. The van der Waals surface area contributed by atoms with E-state index < -0.39 is 11.5 Å². The van der Waals surface area contributed by atoms with E-state index >= 15 is 0 Å². The fraction of sp³-hybridized carbons (Fsp3) is 0.438. The minimum absolute atomic E-state index is 0.00655. The van der Waals surface area contributed by atoms with E-state index in [9.17, 15) is 13.6 Å². The van der Waals surface area contributed by atoms with E-state index in [1.165, 1.54) is 0 Å². The molecule has 9 heteroatoms. The van der Waals surface area contributed by atoms with Crippen LogP contribution < -0.4 is 10.5 Å². The van der Waals surface area contributed by atoms with Crippen molar-refractivity contribution in [2.24, 2.45) is 0 Å². The van der Waals surface area contributed by atoms with Gasteiger partial charge in [0.15, 0.2) is 5.82 Å². The van der Waals surface area contributed by atoms with Gasteiger partial charge in [-0.15, -0.1) is 0 Å². The highest BCUT2D eigenvalue weighted by Gasteiger charge is 2.29. The van der Waals surface area contributed by atoms with Gasteiger partial charge < -0.3 is 9.88 Å². The molecule has 3 rings (SSSR count). The number of H-pyrrole nitrogens is 1. The molecule has 0 atom stereocenters. The van der Waals surface area contributed by atoms with Crippen molar-refractivity contribution in [1.82, 2.24) is 19.9 Å². The predicted octanol–water partition coefficient (Wildman–Crippen LogP) is 2.26. The Morgan fingerprint density at radius 3 is 2.48 bits per heavy atom. The summed E-state index contributed by atoms with van der Waals surface area (Å²) in [5, 5.41) is 0.00655. The van der Waals surface area contributed by atoms with Gasteiger partial charge in [0.25, 0.3) is 11.5 Å². The Balaban J connectivity index is 1.81. The number of rotatable bonds is 4. The molecule has 1 fully saturated rings. The highest BCUT2D eigenvalue weighted by molar-refractivity contribution is 6.32. The first-order valence-electron chi connectivity index (χ1n) is 7.89. The maximum atomic E-state index is 13.1. The van der Waals surface area contributed by atoms with Gasteiger partial charge in [-0.1, -0.05) is 11.6 Å². The van der Waals surface area contributed by atoms with E-state index in [2.05, 4.69) is 15.0 Å². The molecule has 1 saturated heterocycles. The number of aromatic nitrogens is 3. The lowest BCUT2D eigenvalue weighted by molar-refractivity contribution is -0.0155. The molecule has 2 aromatic heterocycles. The zero-order chi connectivity index (χ0) is 18.0. The SMILES string of the molecule is CC(F)(F)CN1CCN(c2nc(-c3ccncc3)[nH]c(=O)c2Cl)CC1. The van der Waals surface area contributed by atoms with E-state index in [0.717, 1.165) is 6.92 Å². The van der Waals surface area contributed by atoms with E-state index in [-0.39, 0.29) is 11.6 Å². The molecule has 25 heavy (non-hydrogen) atoms. The average molecular weight is 370 g/mol. The number of nitrogens with zero attached hydrogens (tertiary/aromatic N) is 4. The number of hydrogen-bond donors (Lipinski definition) is 1. The molecule has 0 aromatic carbocycles. The second-order valence-corrected chi connectivity index (χ2v) is 6.50. The fourth-order valence-electron chi connectivity index (χ4n) is 2.81. The monoisotopic (exact) mass is 369 g/mol. The summed E-state index contributed by atoms with van der Waals surface area (Å²) in [6, 6.07) is 3.47. The topological polar surface area (TPSA) is 65.1 Å². The molecule has 1 aliphatic heterocycles. The lowest BCUT2D eigenvalue weighted by Crippen LogP contribution is -2.50. The van der Waals surface area contributed by atoms with Crippen LogP contribution in [0, 0.1) is 0 Å². The number of halogens is 3. The van der Waals surface area contributed by atoms with Crippen LogP contribution in [0.3, 0.4) is 0 Å². The van der Waals surface area contributed by atoms with Crippen LogP contribution in [0.25, 0.3) is 11.4 Å². The average Bonchev–Trinajstić information content (AvgIpc) is 2.57. The Morgan fingerprint density at radius 1 is 1.24 bits per heavy atom. The van der Waals surface area contributed by atoms with Crippen molar-refractivity contribution in [3.63, 3.8) is 0 Å². The van der Waals surface area contributed by atoms with Gasteiger partial charge in [0, 0.05) is 51.1 Å². The van der Waals surface area contributed by atoms with Crippen molar-refractivity contribution in [3.05, 3.63) is 39.9 Å². The third-order valence-electron chi connectivity index (χ3n) is 3.97. The Kier molecular flexibility index (Phi) is 5.01. The second kappa shape index (κ2) is 7.05. The Bertz CT molecular complexity index is 785. The molecule has 2 aromatic rings. The molecule has 0 bridgehead atoms. The second-order valence-electron chi connectivity index (χ2n) is 6.12. The summed E-state index contributed by atoms with van der Waals surface area (Å²) in [5.41, 5.74) is 0.287. The van der Waals surface area contributed by atoms with Gasteiger partial charge in [-0.05, 0) is 12.1 Å². The summed E-state index contributed by atoms with van der Waals surface area (Å²) < 4.78 is 26.3. The van der Waals surface area contributed by atoms with Crippen molar-refractivity contribution in [2.45, 2.75) is 12.8 Å². The molecular formula is C16H18ClF2N5O. The maximum absolute atomic E-state index is 13.1. The molecule has 0 aliphatic carbocycles. The van der Waals surface area contributed by atoms with Crippen LogP contribution in [0.5, 0.6) is 0 Å². The molecule has 0 radical (unpaired) electrons. The lowest BCUT2D eigenvalue weighted by Gasteiger charge is -2.36. The molecule has 0 unspecified atom stereocenters. The van der Waals surface area contributed by atoms with Gasteiger partial charge in [0.2, 0.25) is 0 Å². The van der Waals surface area contributed by atoms with Crippen LogP contribution in [0.15, 0.2) is 29.3 Å². The normalized spacial score (nSPS) is 16.2. The number of pyridine rings is 1. The molecule has 0 spiro atoms. The quantitative estimate of drug-likeness (QED) is 0.895. The molecule has 134 valence electrons. The van der Waals surface area contributed by atoms with E-state index in [1.54, 1.807) is 29.4 Å². The molecular weight excluding hydrogens is 352 g/mol. The molecule has 0 saturated carbocycles. The number of piperazine rings is 1. The van der Waals surface area contributed by atoms with Crippen LogP contribution in [0.1, 0.15) is 6.92 Å². The number of anilines is 1. The smallest absolute Gasteiger partial charge is 0.272 e. The van der Waals surface area contributed by atoms with E-state index in [1.807, 2.05) is 4.90 Å². The first-order valence-corrected chi connectivity index (χ1v) is 8.26. The lowest BCUT2D eigenvalue weighted by atomic mass is 10.2.